The van der Waals surface area contributed by atoms with Gasteiger partial charge in [0, 0.05) is 41.7 Å². The first-order valence-electron chi connectivity index (χ1n) is 11.9. The second kappa shape index (κ2) is 11.6. The number of halogens is 4. The van der Waals surface area contributed by atoms with Gasteiger partial charge in [0.1, 0.15) is 11.6 Å². The van der Waals surface area contributed by atoms with Gasteiger partial charge in [-0.2, -0.15) is 0 Å². The van der Waals surface area contributed by atoms with E-state index >= 15 is 0 Å². The summed E-state index contributed by atoms with van der Waals surface area (Å²) in [5.74, 6) is -1.11. The molecule has 1 aliphatic heterocycles. The van der Waals surface area contributed by atoms with E-state index in [2.05, 4.69) is 15.5 Å². The van der Waals surface area contributed by atoms with Crippen LogP contribution in [0.4, 0.5) is 13.6 Å². The van der Waals surface area contributed by atoms with Crippen molar-refractivity contribution in [2.24, 2.45) is 11.8 Å². The Morgan fingerprint density at radius 2 is 1.39 bits per heavy atom. The van der Waals surface area contributed by atoms with Crippen LogP contribution in [0.5, 0.6) is 0 Å². The summed E-state index contributed by atoms with van der Waals surface area (Å²) in [7, 11) is 0. The SMILES string of the molecule is CC(C)CNC(=O)NC(c1cc(F)cc(F)c1)C1CN(C(c2ccc(Cl)cc2)c2ccc(Cl)cc2)C1. The Morgan fingerprint density at radius 3 is 1.86 bits per heavy atom. The van der Waals surface area contributed by atoms with E-state index in [9.17, 15) is 13.6 Å². The molecule has 1 aliphatic rings. The summed E-state index contributed by atoms with van der Waals surface area (Å²) in [4.78, 5) is 14.9. The molecule has 1 unspecified atom stereocenters. The van der Waals surface area contributed by atoms with E-state index < -0.39 is 17.7 Å². The van der Waals surface area contributed by atoms with Crippen LogP contribution in [0.25, 0.3) is 0 Å². The number of hydrogen-bond acceptors (Lipinski definition) is 2. The van der Waals surface area contributed by atoms with Gasteiger partial charge in [-0.3, -0.25) is 4.90 Å². The molecule has 1 fully saturated rings. The molecule has 2 N–H and O–H groups in total. The van der Waals surface area contributed by atoms with Gasteiger partial charge in [-0.1, -0.05) is 61.3 Å². The number of carbonyl (C=O) groups is 1. The number of likely N-dealkylation sites (tertiary alicyclic amines) is 1. The van der Waals surface area contributed by atoms with Gasteiger partial charge in [-0.15, -0.1) is 0 Å². The number of benzene rings is 3. The summed E-state index contributed by atoms with van der Waals surface area (Å²) in [6.07, 6.45) is 0. The van der Waals surface area contributed by atoms with Gasteiger partial charge in [0.2, 0.25) is 0 Å². The fourth-order valence-electron chi connectivity index (χ4n) is 4.59. The van der Waals surface area contributed by atoms with Crippen molar-refractivity contribution in [1.29, 1.82) is 0 Å². The highest BCUT2D eigenvalue weighted by Gasteiger charge is 2.40. The van der Waals surface area contributed by atoms with Crippen molar-refractivity contribution in [2.45, 2.75) is 25.9 Å². The monoisotopic (exact) mass is 531 g/mol. The van der Waals surface area contributed by atoms with Gasteiger partial charge in [0.05, 0.1) is 12.1 Å². The van der Waals surface area contributed by atoms with Crippen LogP contribution in [0.1, 0.15) is 42.6 Å². The molecule has 0 spiro atoms. The maximum atomic E-state index is 14.1. The quantitative estimate of drug-likeness (QED) is 0.329. The Balaban J connectivity index is 1.58. The molecule has 0 bridgehead atoms. The largest absolute Gasteiger partial charge is 0.338 e. The molecule has 4 nitrogen and oxygen atoms in total. The minimum absolute atomic E-state index is 0.0434. The van der Waals surface area contributed by atoms with Gasteiger partial charge in [-0.25, -0.2) is 13.6 Å². The normalized spacial score (nSPS) is 15.1. The molecule has 1 heterocycles. The second-order valence-electron chi connectivity index (χ2n) is 9.65. The molecule has 1 saturated heterocycles. The molecule has 36 heavy (non-hydrogen) atoms. The average Bonchev–Trinajstić information content (AvgIpc) is 2.79. The molecule has 3 aromatic rings. The predicted molar refractivity (Wildman–Crippen MR) is 140 cm³/mol. The van der Waals surface area contributed by atoms with Gasteiger partial charge in [0.15, 0.2) is 0 Å². The molecule has 0 radical (unpaired) electrons. The molecule has 8 heteroatoms. The maximum absolute atomic E-state index is 14.1. The molecular formula is C28H29Cl2F2N3O. The first kappa shape index (κ1) is 26.4. The van der Waals surface area contributed by atoms with E-state index in [1.807, 2.05) is 62.4 Å². The number of urea groups is 1. The van der Waals surface area contributed by atoms with E-state index in [0.717, 1.165) is 17.2 Å². The van der Waals surface area contributed by atoms with Crippen LogP contribution in [0.2, 0.25) is 10.0 Å². The molecule has 3 aromatic carbocycles. The molecule has 0 aromatic heterocycles. The second-order valence-corrected chi connectivity index (χ2v) is 10.5. The lowest BCUT2D eigenvalue weighted by Crippen LogP contribution is -2.55. The zero-order chi connectivity index (χ0) is 25.8. The predicted octanol–water partition coefficient (Wildman–Crippen LogP) is 6.99. The highest BCUT2D eigenvalue weighted by atomic mass is 35.5. The third kappa shape index (κ3) is 6.55. The number of amides is 2. The van der Waals surface area contributed by atoms with Crippen molar-refractivity contribution < 1.29 is 13.6 Å². The summed E-state index contributed by atoms with van der Waals surface area (Å²) in [5.41, 5.74) is 2.54. The lowest BCUT2D eigenvalue weighted by Gasteiger charge is -2.48. The van der Waals surface area contributed by atoms with Gasteiger partial charge >= 0.3 is 6.03 Å². The molecule has 0 aliphatic carbocycles. The fraction of sp³-hybridized carbons (Fsp3) is 0.321. The Labute approximate surface area is 220 Å². The van der Waals surface area contributed by atoms with E-state index in [4.69, 9.17) is 23.2 Å². The summed E-state index contributed by atoms with van der Waals surface area (Å²) < 4.78 is 28.2. The highest BCUT2D eigenvalue weighted by Crippen LogP contribution is 2.39. The van der Waals surface area contributed by atoms with Crippen molar-refractivity contribution in [3.05, 3.63) is 105 Å². The third-order valence-corrected chi connectivity index (χ3v) is 6.85. The first-order chi connectivity index (χ1) is 17.2. The number of hydrogen-bond donors (Lipinski definition) is 2. The Bertz CT molecular complexity index is 1120. The summed E-state index contributed by atoms with van der Waals surface area (Å²) in [6.45, 7) is 5.72. The zero-order valence-corrected chi connectivity index (χ0v) is 21.7. The van der Waals surface area contributed by atoms with E-state index in [-0.39, 0.29) is 23.9 Å². The Hall–Kier alpha value is -2.67. The van der Waals surface area contributed by atoms with Crippen molar-refractivity contribution in [2.75, 3.05) is 19.6 Å². The summed E-state index contributed by atoms with van der Waals surface area (Å²) >= 11 is 12.2. The molecule has 0 saturated carbocycles. The molecule has 1 atom stereocenters. The van der Waals surface area contributed by atoms with Crippen LogP contribution in [-0.2, 0) is 0 Å². The van der Waals surface area contributed by atoms with Crippen LogP contribution in [-0.4, -0.2) is 30.6 Å². The maximum Gasteiger partial charge on any atom is 0.315 e. The number of nitrogens with one attached hydrogen (secondary N) is 2. The average molecular weight is 532 g/mol. The molecular weight excluding hydrogens is 503 g/mol. The van der Waals surface area contributed by atoms with E-state index in [1.165, 1.54) is 12.1 Å². The van der Waals surface area contributed by atoms with Crippen LogP contribution in [0.15, 0.2) is 66.7 Å². The molecule has 4 rings (SSSR count). The van der Waals surface area contributed by atoms with Gasteiger partial charge < -0.3 is 10.6 Å². The van der Waals surface area contributed by atoms with Crippen molar-refractivity contribution >= 4 is 29.2 Å². The topological polar surface area (TPSA) is 44.4 Å². The Morgan fingerprint density at radius 1 is 0.889 bits per heavy atom. The minimum Gasteiger partial charge on any atom is -0.338 e. The summed E-state index contributed by atoms with van der Waals surface area (Å²) in [6, 6.07) is 17.8. The minimum atomic E-state index is -0.671. The van der Waals surface area contributed by atoms with E-state index in [0.29, 0.717) is 35.2 Å². The van der Waals surface area contributed by atoms with Gasteiger partial charge in [-0.05, 0) is 59.0 Å². The molecule has 190 valence electrons. The first-order valence-corrected chi connectivity index (χ1v) is 12.7. The zero-order valence-electron chi connectivity index (χ0n) is 20.1. The lowest BCUT2D eigenvalue weighted by atomic mass is 9.83. The lowest BCUT2D eigenvalue weighted by molar-refractivity contribution is 0.0459. The summed E-state index contributed by atoms with van der Waals surface area (Å²) in [5, 5.41) is 7.09. The molecule has 2 amide bonds. The van der Waals surface area contributed by atoms with Crippen LogP contribution in [0, 0.1) is 23.5 Å². The number of carbonyl (C=O) groups excluding carboxylic acids is 1. The Kier molecular flexibility index (Phi) is 8.50. The van der Waals surface area contributed by atoms with Crippen molar-refractivity contribution in [3.63, 3.8) is 0 Å². The highest BCUT2D eigenvalue weighted by molar-refractivity contribution is 6.30. The number of nitrogens with zero attached hydrogens (tertiary/aromatic N) is 1. The third-order valence-electron chi connectivity index (χ3n) is 6.35. The van der Waals surface area contributed by atoms with Crippen molar-refractivity contribution in [1.82, 2.24) is 15.5 Å². The van der Waals surface area contributed by atoms with Crippen LogP contribution in [0.3, 0.4) is 0 Å². The van der Waals surface area contributed by atoms with E-state index in [1.54, 1.807) is 0 Å². The standard InChI is InChI=1S/C28H29Cl2F2N3O/c1-17(2)14-33-28(36)34-26(20-11-24(31)13-25(32)12-20)21-15-35(16-21)27(18-3-7-22(29)8-4-18)19-5-9-23(30)10-6-19/h3-13,17,21,26-27H,14-16H2,1-2H3,(H2,33,34,36). The van der Waals surface area contributed by atoms with Gasteiger partial charge in [0.25, 0.3) is 0 Å². The fourth-order valence-corrected chi connectivity index (χ4v) is 4.84. The van der Waals surface area contributed by atoms with Crippen molar-refractivity contribution in [3.8, 4) is 0 Å². The van der Waals surface area contributed by atoms with Crippen LogP contribution < -0.4 is 10.6 Å². The van der Waals surface area contributed by atoms with Crippen LogP contribution >= 0.6 is 23.2 Å². The smallest absolute Gasteiger partial charge is 0.315 e. The number of rotatable bonds is 8.